The van der Waals surface area contributed by atoms with Gasteiger partial charge in [-0.25, -0.2) is 9.59 Å². The Labute approximate surface area is 186 Å². The highest BCUT2D eigenvalue weighted by molar-refractivity contribution is 5.74. The highest BCUT2D eigenvalue weighted by Crippen LogP contribution is 2.41. The first-order chi connectivity index (χ1) is 15.0. The number of aliphatic carboxylic acids is 1. The van der Waals surface area contributed by atoms with Gasteiger partial charge in [0, 0.05) is 33.7 Å². The number of amides is 2. The van der Waals surface area contributed by atoms with Crippen LogP contribution < -0.4 is 4.74 Å². The van der Waals surface area contributed by atoms with Crippen molar-refractivity contribution in [2.24, 2.45) is 5.41 Å². The summed E-state index contributed by atoms with van der Waals surface area (Å²) >= 11 is 0. The quantitative estimate of drug-likeness (QED) is 0.747. The van der Waals surface area contributed by atoms with Gasteiger partial charge in [0.05, 0.1) is 7.11 Å². The SMILES string of the molecule is COc1cccc(CN2CCC3(CC2)CCN(C(=O)N(C)C)CC3)c1.O=C(O)C(F)(F)F. The maximum absolute atomic E-state index is 12.1. The lowest BCUT2D eigenvalue weighted by Crippen LogP contribution is -2.50. The van der Waals surface area contributed by atoms with Crippen LogP contribution in [-0.4, -0.2) is 85.4 Å². The number of carboxylic acids is 1. The maximum atomic E-state index is 12.1. The molecule has 7 nitrogen and oxygen atoms in total. The third-order valence-electron chi connectivity index (χ3n) is 6.18. The summed E-state index contributed by atoms with van der Waals surface area (Å²) in [6.45, 7) is 5.12. The first-order valence-electron chi connectivity index (χ1n) is 10.6. The number of carbonyl (C=O) groups excluding carboxylic acids is 1. The van der Waals surface area contributed by atoms with Crippen molar-refractivity contribution >= 4 is 12.0 Å². The van der Waals surface area contributed by atoms with Crippen LogP contribution in [0.15, 0.2) is 24.3 Å². The zero-order chi connectivity index (χ0) is 23.9. The Morgan fingerprint density at radius 1 is 1.09 bits per heavy atom. The zero-order valence-corrected chi connectivity index (χ0v) is 18.8. The summed E-state index contributed by atoms with van der Waals surface area (Å²) < 4.78 is 37.1. The summed E-state index contributed by atoms with van der Waals surface area (Å²) in [4.78, 5) is 27.3. The van der Waals surface area contributed by atoms with E-state index in [1.54, 1.807) is 12.0 Å². The van der Waals surface area contributed by atoms with Crippen LogP contribution in [-0.2, 0) is 11.3 Å². The smallest absolute Gasteiger partial charge is 0.490 e. The van der Waals surface area contributed by atoms with Crippen molar-refractivity contribution in [1.29, 1.82) is 0 Å². The van der Waals surface area contributed by atoms with Crippen LogP contribution in [0.1, 0.15) is 31.2 Å². The van der Waals surface area contributed by atoms with E-state index in [0.717, 1.165) is 51.3 Å². The number of carbonyl (C=O) groups is 2. The van der Waals surface area contributed by atoms with Gasteiger partial charge in [0.1, 0.15) is 5.75 Å². The number of carboxylic acid groups (broad SMARTS) is 1. The summed E-state index contributed by atoms with van der Waals surface area (Å²) in [6, 6.07) is 8.54. The lowest BCUT2D eigenvalue weighted by atomic mass is 9.71. The van der Waals surface area contributed by atoms with Crippen molar-refractivity contribution < 1.29 is 32.6 Å². The first kappa shape index (κ1) is 25.8. The van der Waals surface area contributed by atoms with Crippen LogP contribution in [0.25, 0.3) is 0 Å². The highest BCUT2D eigenvalue weighted by atomic mass is 19.4. The van der Waals surface area contributed by atoms with E-state index in [1.807, 2.05) is 25.1 Å². The van der Waals surface area contributed by atoms with Crippen LogP contribution in [0, 0.1) is 5.41 Å². The van der Waals surface area contributed by atoms with Crippen LogP contribution in [0.2, 0.25) is 0 Å². The number of rotatable bonds is 3. The molecule has 2 fully saturated rings. The van der Waals surface area contributed by atoms with Crippen molar-refractivity contribution in [3.05, 3.63) is 29.8 Å². The van der Waals surface area contributed by atoms with Gasteiger partial charge < -0.3 is 19.6 Å². The molecule has 0 radical (unpaired) electrons. The summed E-state index contributed by atoms with van der Waals surface area (Å²) in [6.07, 6.45) is -0.277. The van der Waals surface area contributed by atoms with Gasteiger partial charge >= 0.3 is 18.2 Å². The minimum absolute atomic E-state index is 0.158. The van der Waals surface area contributed by atoms with E-state index in [9.17, 15) is 18.0 Å². The largest absolute Gasteiger partial charge is 0.497 e. The molecule has 2 heterocycles. The number of halogens is 3. The molecule has 0 aliphatic carbocycles. The molecule has 0 aromatic heterocycles. The van der Waals surface area contributed by atoms with E-state index < -0.39 is 12.1 Å². The molecule has 10 heteroatoms. The Balaban J connectivity index is 0.000000451. The van der Waals surface area contributed by atoms with Gasteiger partial charge in [-0.05, 0) is 61.9 Å². The van der Waals surface area contributed by atoms with Gasteiger partial charge in [0.25, 0.3) is 0 Å². The monoisotopic (exact) mass is 459 g/mol. The number of alkyl halides is 3. The number of hydrogen-bond donors (Lipinski definition) is 1. The van der Waals surface area contributed by atoms with Crippen molar-refractivity contribution in [1.82, 2.24) is 14.7 Å². The number of hydrogen-bond acceptors (Lipinski definition) is 4. The molecule has 2 aliphatic rings. The molecule has 1 aromatic rings. The standard InChI is InChI=1S/C20H31N3O2.C2HF3O2/c1-21(2)19(24)23-13-9-20(10-14-23)7-11-22(12-8-20)16-17-5-4-6-18(15-17)25-3;3-2(4,5)1(6)7/h4-6,15H,7-14,16H2,1-3H3;(H,6,7). The molecular weight excluding hydrogens is 427 g/mol. The minimum Gasteiger partial charge on any atom is -0.497 e. The number of ether oxygens (including phenoxy) is 1. The molecule has 0 saturated carbocycles. The molecule has 1 spiro atoms. The highest BCUT2D eigenvalue weighted by Gasteiger charge is 2.39. The van der Waals surface area contributed by atoms with Crippen molar-refractivity contribution in [3.8, 4) is 5.75 Å². The molecule has 3 rings (SSSR count). The molecule has 0 atom stereocenters. The van der Waals surface area contributed by atoms with E-state index in [2.05, 4.69) is 23.1 Å². The predicted octanol–water partition coefficient (Wildman–Crippen LogP) is 3.69. The van der Waals surface area contributed by atoms with E-state index >= 15 is 0 Å². The number of benzene rings is 1. The van der Waals surface area contributed by atoms with Gasteiger partial charge in [-0.3, -0.25) is 4.90 Å². The van der Waals surface area contributed by atoms with Crippen LogP contribution in [0.3, 0.4) is 0 Å². The van der Waals surface area contributed by atoms with Gasteiger partial charge in [0.2, 0.25) is 0 Å². The third-order valence-corrected chi connectivity index (χ3v) is 6.18. The normalized spacial score (nSPS) is 18.5. The third kappa shape index (κ3) is 7.29. The van der Waals surface area contributed by atoms with E-state index in [0.29, 0.717) is 5.41 Å². The topological polar surface area (TPSA) is 73.3 Å². The number of methoxy groups -OCH3 is 1. The molecule has 32 heavy (non-hydrogen) atoms. The number of nitrogens with zero attached hydrogens (tertiary/aromatic N) is 3. The van der Waals surface area contributed by atoms with Crippen LogP contribution in [0.4, 0.5) is 18.0 Å². The zero-order valence-electron chi connectivity index (χ0n) is 18.8. The van der Waals surface area contributed by atoms with Gasteiger partial charge in [0.15, 0.2) is 0 Å². The second kappa shape index (κ2) is 10.9. The van der Waals surface area contributed by atoms with Gasteiger partial charge in [-0.2, -0.15) is 13.2 Å². The van der Waals surface area contributed by atoms with E-state index in [-0.39, 0.29) is 6.03 Å². The molecule has 0 bridgehead atoms. The Morgan fingerprint density at radius 2 is 1.62 bits per heavy atom. The number of urea groups is 1. The van der Waals surface area contributed by atoms with Crippen molar-refractivity contribution in [2.45, 2.75) is 38.4 Å². The molecule has 2 amide bonds. The van der Waals surface area contributed by atoms with Crippen molar-refractivity contribution in [3.63, 3.8) is 0 Å². The predicted molar refractivity (Wildman–Crippen MR) is 114 cm³/mol. The summed E-state index contributed by atoms with van der Waals surface area (Å²) in [5, 5.41) is 7.12. The fraction of sp³-hybridized carbons (Fsp3) is 0.636. The lowest BCUT2D eigenvalue weighted by Gasteiger charge is -2.47. The van der Waals surface area contributed by atoms with Gasteiger partial charge in [-0.15, -0.1) is 0 Å². The van der Waals surface area contributed by atoms with E-state index in [1.165, 1.54) is 18.4 Å². The average molecular weight is 460 g/mol. The molecule has 2 saturated heterocycles. The molecule has 180 valence electrons. The Kier molecular flexibility index (Phi) is 8.77. The molecule has 0 unspecified atom stereocenters. The Hall–Kier alpha value is -2.49. The van der Waals surface area contributed by atoms with Gasteiger partial charge in [-0.1, -0.05) is 12.1 Å². The summed E-state index contributed by atoms with van der Waals surface area (Å²) in [5.74, 6) is -1.82. The Morgan fingerprint density at radius 3 is 2.09 bits per heavy atom. The Bertz CT molecular complexity index is 768. The second-order valence-corrected chi connectivity index (χ2v) is 8.59. The summed E-state index contributed by atoms with van der Waals surface area (Å²) in [5.41, 5.74) is 1.77. The molecular formula is C22H32F3N3O4. The first-order valence-corrected chi connectivity index (χ1v) is 10.6. The molecule has 1 N–H and O–H groups in total. The van der Waals surface area contributed by atoms with E-state index in [4.69, 9.17) is 14.6 Å². The fourth-order valence-electron chi connectivity index (χ4n) is 4.17. The maximum Gasteiger partial charge on any atom is 0.490 e. The lowest BCUT2D eigenvalue weighted by molar-refractivity contribution is -0.192. The average Bonchev–Trinajstić information content (AvgIpc) is 2.75. The number of piperidine rings is 2. The van der Waals surface area contributed by atoms with Crippen LogP contribution in [0.5, 0.6) is 5.75 Å². The second-order valence-electron chi connectivity index (χ2n) is 8.59. The van der Waals surface area contributed by atoms with Crippen LogP contribution >= 0.6 is 0 Å². The van der Waals surface area contributed by atoms with Crippen molar-refractivity contribution in [2.75, 3.05) is 47.4 Å². The number of likely N-dealkylation sites (tertiary alicyclic amines) is 2. The minimum atomic E-state index is -5.08. The fourth-order valence-corrected chi connectivity index (χ4v) is 4.17. The summed E-state index contributed by atoms with van der Waals surface area (Å²) in [7, 11) is 5.39. The molecule has 2 aliphatic heterocycles. The molecule has 1 aromatic carbocycles.